The van der Waals surface area contributed by atoms with Crippen LogP contribution in [0.5, 0.6) is 11.5 Å². The van der Waals surface area contributed by atoms with Crippen LogP contribution in [0, 0.1) is 0 Å². The largest absolute Gasteiger partial charge is 0.494 e. The van der Waals surface area contributed by atoms with Gasteiger partial charge in [-0.05, 0) is 67.4 Å². The zero-order chi connectivity index (χ0) is 23.9. The van der Waals surface area contributed by atoms with Gasteiger partial charge in [0.2, 0.25) is 0 Å². The third-order valence-corrected chi connectivity index (χ3v) is 4.10. The number of hydrazone groups is 1. The molecule has 0 aliphatic rings. The van der Waals surface area contributed by atoms with Gasteiger partial charge in [-0.2, -0.15) is 5.10 Å². The van der Waals surface area contributed by atoms with Crippen molar-refractivity contribution in [3.05, 3.63) is 54.1 Å². The monoisotopic (exact) mass is 456 g/mol. The van der Waals surface area contributed by atoms with Crippen molar-refractivity contribution in [1.29, 1.82) is 0 Å². The molecule has 0 aliphatic carbocycles. The average Bonchev–Trinajstić information content (AvgIpc) is 2.82. The second-order valence-corrected chi connectivity index (χ2v) is 6.66. The quantitative estimate of drug-likeness (QED) is 0.193. The molecule has 0 saturated carbocycles. The third kappa shape index (κ3) is 9.83. The Hall–Kier alpha value is -3.92. The summed E-state index contributed by atoms with van der Waals surface area (Å²) in [5, 5.41) is 8.95. The normalized spacial score (nSPS) is 10.5. The van der Waals surface area contributed by atoms with Gasteiger partial charge in [0.05, 0.1) is 12.8 Å². The summed E-state index contributed by atoms with van der Waals surface area (Å²) in [6.07, 6.45) is 1.99. The van der Waals surface area contributed by atoms with E-state index >= 15 is 0 Å². The first-order chi connectivity index (χ1) is 16.0. The predicted molar refractivity (Wildman–Crippen MR) is 123 cm³/mol. The molecule has 0 atom stereocenters. The number of amides is 3. The van der Waals surface area contributed by atoms with Gasteiger partial charge in [0.1, 0.15) is 11.5 Å². The van der Waals surface area contributed by atoms with Gasteiger partial charge in [-0.25, -0.2) is 5.43 Å². The minimum atomic E-state index is -0.859. The molecule has 0 aliphatic heterocycles. The Balaban J connectivity index is 1.71. The molecule has 0 bridgehead atoms. The summed E-state index contributed by atoms with van der Waals surface area (Å²) in [4.78, 5) is 35.3. The van der Waals surface area contributed by atoms with E-state index in [1.807, 2.05) is 6.92 Å². The smallest absolute Gasteiger partial charge is 0.329 e. The van der Waals surface area contributed by atoms with E-state index in [1.165, 1.54) is 6.21 Å². The maximum Gasteiger partial charge on any atom is 0.329 e. The Morgan fingerprint density at radius 2 is 1.61 bits per heavy atom. The number of methoxy groups -OCH3 is 1. The molecule has 0 heterocycles. The fraction of sp³-hybridized carbons (Fsp3) is 0.304. The SMILES string of the molecule is CCOc1ccc(NC(=O)COc2ccc(/C=N\NC(=O)C(=O)NCCCOC)cc2)cc1. The summed E-state index contributed by atoms with van der Waals surface area (Å²) in [5.41, 5.74) is 3.47. The van der Waals surface area contributed by atoms with Gasteiger partial charge in [0, 0.05) is 25.9 Å². The second-order valence-electron chi connectivity index (χ2n) is 6.66. The van der Waals surface area contributed by atoms with Crippen molar-refractivity contribution >= 4 is 29.6 Å². The molecule has 0 saturated heterocycles. The molecule has 0 radical (unpaired) electrons. The lowest BCUT2D eigenvalue weighted by atomic mass is 10.2. The zero-order valence-electron chi connectivity index (χ0n) is 18.6. The Morgan fingerprint density at radius 1 is 0.939 bits per heavy atom. The van der Waals surface area contributed by atoms with Crippen LogP contribution in [0.3, 0.4) is 0 Å². The standard InChI is InChI=1S/C23H28N4O6/c1-3-32-19-11-7-18(8-12-19)26-21(28)16-33-20-9-5-17(6-10-20)15-25-27-23(30)22(29)24-13-4-14-31-2/h5-12,15H,3-4,13-14,16H2,1-2H3,(H,24,29)(H,26,28)(H,27,30)/b25-15-. The average molecular weight is 456 g/mol. The van der Waals surface area contributed by atoms with Crippen molar-refractivity contribution < 1.29 is 28.6 Å². The molecule has 10 nitrogen and oxygen atoms in total. The molecule has 33 heavy (non-hydrogen) atoms. The van der Waals surface area contributed by atoms with Crippen LogP contribution in [-0.2, 0) is 19.1 Å². The van der Waals surface area contributed by atoms with Gasteiger partial charge in [-0.1, -0.05) is 0 Å². The van der Waals surface area contributed by atoms with E-state index in [1.54, 1.807) is 55.6 Å². The van der Waals surface area contributed by atoms with E-state index in [4.69, 9.17) is 14.2 Å². The van der Waals surface area contributed by atoms with E-state index < -0.39 is 11.8 Å². The molecule has 2 aromatic rings. The first-order valence-corrected chi connectivity index (χ1v) is 10.4. The van der Waals surface area contributed by atoms with Crippen LogP contribution in [0.15, 0.2) is 53.6 Å². The van der Waals surface area contributed by atoms with Crippen molar-refractivity contribution in [2.75, 3.05) is 38.8 Å². The Bertz CT molecular complexity index is 929. The van der Waals surface area contributed by atoms with Crippen LogP contribution in [0.1, 0.15) is 18.9 Å². The minimum absolute atomic E-state index is 0.157. The zero-order valence-corrected chi connectivity index (χ0v) is 18.6. The van der Waals surface area contributed by atoms with Crippen LogP contribution < -0.4 is 25.5 Å². The molecule has 2 aromatic carbocycles. The molecule has 0 unspecified atom stereocenters. The summed E-state index contributed by atoms with van der Waals surface area (Å²) in [5.74, 6) is -0.699. The second kappa shape index (κ2) is 14.2. The summed E-state index contributed by atoms with van der Waals surface area (Å²) < 4.78 is 15.7. The van der Waals surface area contributed by atoms with Gasteiger partial charge in [-0.15, -0.1) is 0 Å². The van der Waals surface area contributed by atoms with Gasteiger partial charge in [-0.3, -0.25) is 14.4 Å². The van der Waals surface area contributed by atoms with E-state index in [2.05, 4.69) is 21.2 Å². The highest BCUT2D eigenvalue weighted by molar-refractivity contribution is 6.35. The van der Waals surface area contributed by atoms with Crippen LogP contribution >= 0.6 is 0 Å². The van der Waals surface area contributed by atoms with Gasteiger partial charge in [0.15, 0.2) is 6.61 Å². The predicted octanol–water partition coefficient (Wildman–Crippen LogP) is 1.71. The molecular formula is C23H28N4O6. The number of nitrogens with one attached hydrogen (secondary N) is 3. The number of carbonyl (C=O) groups is 3. The molecule has 2 rings (SSSR count). The topological polar surface area (TPSA) is 127 Å². The Morgan fingerprint density at radius 3 is 2.27 bits per heavy atom. The molecule has 3 N–H and O–H groups in total. The lowest BCUT2D eigenvalue weighted by Gasteiger charge is -2.09. The molecule has 176 valence electrons. The molecule has 3 amide bonds. The number of benzene rings is 2. The van der Waals surface area contributed by atoms with E-state index in [9.17, 15) is 14.4 Å². The first kappa shape index (κ1) is 25.3. The first-order valence-electron chi connectivity index (χ1n) is 10.4. The fourth-order valence-corrected chi connectivity index (χ4v) is 2.51. The van der Waals surface area contributed by atoms with Crippen LogP contribution in [0.2, 0.25) is 0 Å². The van der Waals surface area contributed by atoms with Crippen LogP contribution in [-0.4, -0.2) is 57.4 Å². The van der Waals surface area contributed by atoms with Gasteiger partial charge in [0.25, 0.3) is 5.91 Å². The van der Waals surface area contributed by atoms with Crippen LogP contribution in [0.25, 0.3) is 0 Å². The Kier molecular flexibility index (Phi) is 10.9. The van der Waals surface area contributed by atoms with Crippen molar-refractivity contribution in [2.24, 2.45) is 5.10 Å². The molecule has 10 heteroatoms. The highest BCUT2D eigenvalue weighted by Gasteiger charge is 2.11. The number of anilines is 1. The van der Waals surface area contributed by atoms with E-state index in [0.717, 1.165) is 5.75 Å². The lowest BCUT2D eigenvalue weighted by Crippen LogP contribution is -2.38. The number of rotatable bonds is 12. The van der Waals surface area contributed by atoms with Gasteiger partial charge >= 0.3 is 11.8 Å². The van der Waals surface area contributed by atoms with Crippen molar-refractivity contribution in [2.45, 2.75) is 13.3 Å². The number of hydrogen-bond acceptors (Lipinski definition) is 7. The number of ether oxygens (including phenoxy) is 3. The maximum absolute atomic E-state index is 12.1. The third-order valence-electron chi connectivity index (χ3n) is 4.10. The van der Waals surface area contributed by atoms with E-state index in [-0.39, 0.29) is 12.5 Å². The molecule has 0 spiro atoms. The maximum atomic E-state index is 12.1. The summed E-state index contributed by atoms with van der Waals surface area (Å²) in [6, 6.07) is 13.8. The van der Waals surface area contributed by atoms with Crippen LogP contribution in [0.4, 0.5) is 5.69 Å². The number of hydrogen-bond donors (Lipinski definition) is 3. The van der Waals surface area contributed by atoms with Crippen molar-refractivity contribution in [1.82, 2.24) is 10.7 Å². The van der Waals surface area contributed by atoms with Gasteiger partial charge < -0.3 is 24.8 Å². The summed E-state index contributed by atoms with van der Waals surface area (Å²) in [7, 11) is 1.56. The molecule has 0 fully saturated rings. The Labute approximate surface area is 192 Å². The molecular weight excluding hydrogens is 428 g/mol. The summed E-state index contributed by atoms with van der Waals surface area (Å²) >= 11 is 0. The number of nitrogens with zero attached hydrogens (tertiary/aromatic N) is 1. The highest BCUT2D eigenvalue weighted by Crippen LogP contribution is 2.16. The van der Waals surface area contributed by atoms with E-state index in [0.29, 0.717) is 43.2 Å². The van der Waals surface area contributed by atoms with Crippen molar-refractivity contribution in [3.8, 4) is 11.5 Å². The molecule has 0 aromatic heterocycles. The highest BCUT2D eigenvalue weighted by atomic mass is 16.5. The summed E-state index contributed by atoms with van der Waals surface area (Å²) in [6.45, 7) is 3.15. The minimum Gasteiger partial charge on any atom is -0.494 e. The lowest BCUT2D eigenvalue weighted by molar-refractivity contribution is -0.139. The van der Waals surface area contributed by atoms with Crippen molar-refractivity contribution in [3.63, 3.8) is 0 Å². The fourth-order valence-electron chi connectivity index (χ4n) is 2.51. The number of carbonyl (C=O) groups excluding carboxylic acids is 3.